The number of nitrogens with one attached hydrogen (secondary N) is 1. The molecule has 1 aliphatic rings. The van der Waals surface area contributed by atoms with E-state index in [4.69, 9.17) is 0 Å². The molecule has 5 heteroatoms. The fraction of sp³-hybridized carbons (Fsp3) is 0.529. The molecule has 0 radical (unpaired) electrons. The van der Waals surface area contributed by atoms with Crippen LogP contribution < -0.4 is 5.32 Å². The summed E-state index contributed by atoms with van der Waals surface area (Å²) in [7, 11) is 3.56. The van der Waals surface area contributed by atoms with E-state index in [2.05, 4.69) is 5.32 Å². The van der Waals surface area contributed by atoms with Gasteiger partial charge in [-0.05, 0) is 25.3 Å². The maximum Gasteiger partial charge on any atom is 0.317 e. The third-order valence-electron chi connectivity index (χ3n) is 4.21. The van der Waals surface area contributed by atoms with Crippen LogP contribution >= 0.6 is 0 Å². The summed E-state index contributed by atoms with van der Waals surface area (Å²) in [6.45, 7) is 3.25. The van der Waals surface area contributed by atoms with Gasteiger partial charge in [0.1, 0.15) is 0 Å². The van der Waals surface area contributed by atoms with Crippen molar-refractivity contribution in [3.05, 3.63) is 35.9 Å². The number of urea groups is 1. The minimum Gasteiger partial charge on any atom is -0.349 e. The van der Waals surface area contributed by atoms with Crippen LogP contribution in [0.3, 0.4) is 0 Å². The number of carbonyl (C=O) groups is 2. The van der Waals surface area contributed by atoms with Crippen LogP contribution in [0.4, 0.5) is 4.79 Å². The van der Waals surface area contributed by atoms with Crippen molar-refractivity contribution in [2.45, 2.75) is 25.8 Å². The van der Waals surface area contributed by atoms with Crippen LogP contribution in [0, 0.1) is 5.92 Å². The molecule has 1 aromatic rings. The molecular weight excluding hydrogens is 278 g/mol. The zero-order valence-electron chi connectivity index (χ0n) is 13.6. The van der Waals surface area contributed by atoms with Gasteiger partial charge in [-0.15, -0.1) is 0 Å². The maximum absolute atomic E-state index is 12.3. The van der Waals surface area contributed by atoms with Gasteiger partial charge in [0.15, 0.2) is 0 Å². The van der Waals surface area contributed by atoms with Crippen molar-refractivity contribution >= 4 is 11.9 Å². The summed E-state index contributed by atoms with van der Waals surface area (Å²) < 4.78 is 0. The highest BCUT2D eigenvalue weighted by Crippen LogP contribution is 2.20. The molecule has 1 saturated heterocycles. The van der Waals surface area contributed by atoms with E-state index in [1.807, 2.05) is 37.3 Å². The molecule has 1 aromatic carbocycles. The zero-order valence-corrected chi connectivity index (χ0v) is 13.6. The Hall–Kier alpha value is -2.04. The lowest BCUT2D eigenvalue weighted by Gasteiger charge is -2.33. The van der Waals surface area contributed by atoms with Crippen molar-refractivity contribution in [2.75, 3.05) is 27.2 Å². The molecule has 1 atom stereocenters. The van der Waals surface area contributed by atoms with Crippen molar-refractivity contribution in [3.63, 3.8) is 0 Å². The average molecular weight is 303 g/mol. The van der Waals surface area contributed by atoms with E-state index in [1.54, 1.807) is 23.9 Å². The lowest BCUT2D eigenvalue weighted by Crippen LogP contribution is -2.47. The van der Waals surface area contributed by atoms with Crippen molar-refractivity contribution < 1.29 is 9.59 Å². The predicted molar refractivity (Wildman–Crippen MR) is 86.4 cm³/mol. The molecule has 22 heavy (non-hydrogen) atoms. The monoisotopic (exact) mass is 303 g/mol. The molecule has 1 heterocycles. The van der Waals surface area contributed by atoms with E-state index in [-0.39, 0.29) is 23.9 Å². The summed E-state index contributed by atoms with van der Waals surface area (Å²) in [5.41, 5.74) is 1.09. The molecule has 1 aliphatic heterocycles. The lowest BCUT2D eigenvalue weighted by atomic mass is 9.96. The number of rotatable bonds is 3. The fourth-order valence-electron chi connectivity index (χ4n) is 2.80. The van der Waals surface area contributed by atoms with Crippen molar-refractivity contribution in [1.82, 2.24) is 15.1 Å². The standard InChI is InChI=1S/C17H25N3O2/c1-13(14-7-5-4-6-8-14)18-17(22)20-11-9-15(10-12-20)16(21)19(2)3/h4-8,13,15H,9-12H2,1-3H3,(H,18,22). The quantitative estimate of drug-likeness (QED) is 0.931. The molecule has 1 fully saturated rings. The summed E-state index contributed by atoms with van der Waals surface area (Å²) in [6, 6.07) is 9.85. The van der Waals surface area contributed by atoms with Crippen molar-refractivity contribution in [1.29, 1.82) is 0 Å². The molecular formula is C17H25N3O2. The molecule has 3 amide bonds. The van der Waals surface area contributed by atoms with Crippen molar-refractivity contribution in [3.8, 4) is 0 Å². The Morgan fingerprint density at radius 2 is 1.77 bits per heavy atom. The second kappa shape index (κ2) is 7.29. The van der Waals surface area contributed by atoms with E-state index >= 15 is 0 Å². The van der Waals surface area contributed by atoms with Gasteiger partial charge in [0.25, 0.3) is 0 Å². The summed E-state index contributed by atoms with van der Waals surface area (Å²) in [5, 5.41) is 3.02. The summed E-state index contributed by atoms with van der Waals surface area (Å²) in [4.78, 5) is 27.7. The summed E-state index contributed by atoms with van der Waals surface area (Å²) >= 11 is 0. The number of carbonyl (C=O) groups excluding carboxylic acids is 2. The Balaban J connectivity index is 1.84. The SMILES string of the molecule is CC(NC(=O)N1CCC(C(=O)N(C)C)CC1)c1ccccc1. The van der Waals surface area contributed by atoms with Crippen LogP contribution in [-0.4, -0.2) is 48.9 Å². The van der Waals surface area contributed by atoms with Crippen molar-refractivity contribution in [2.24, 2.45) is 5.92 Å². The summed E-state index contributed by atoms with van der Waals surface area (Å²) in [5.74, 6) is 0.211. The molecule has 0 aliphatic carbocycles. The Bertz CT molecular complexity index is 508. The first-order chi connectivity index (χ1) is 10.5. The minimum atomic E-state index is -0.0490. The van der Waals surface area contributed by atoms with Gasteiger partial charge in [-0.3, -0.25) is 4.79 Å². The average Bonchev–Trinajstić information content (AvgIpc) is 2.55. The van der Waals surface area contributed by atoms with Gasteiger partial charge in [0, 0.05) is 33.1 Å². The zero-order chi connectivity index (χ0) is 16.1. The third-order valence-corrected chi connectivity index (χ3v) is 4.21. The Morgan fingerprint density at radius 1 is 1.18 bits per heavy atom. The first-order valence-electron chi connectivity index (χ1n) is 7.80. The highest BCUT2D eigenvalue weighted by atomic mass is 16.2. The number of amides is 3. The summed E-state index contributed by atoms with van der Waals surface area (Å²) in [6.07, 6.45) is 1.48. The lowest BCUT2D eigenvalue weighted by molar-refractivity contribution is -0.134. The van der Waals surface area contributed by atoms with Crippen LogP contribution in [0.25, 0.3) is 0 Å². The predicted octanol–water partition coefficient (Wildman–Crippen LogP) is 2.26. The number of nitrogens with zero attached hydrogens (tertiary/aromatic N) is 2. The molecule has 1 unspecified atom stereocenters. The molecule has 120 valence electrons. The number of hydrogen-bond donors (Lipinski definition) is 1. The second-order valence-electron chi connectivity index (χ2n) is 6.08. The minimum absolute atomic E-state index is 0.0187. The number of piperidine rings is 1. The van der Waals surface area contributed by atoms with Gasteiger partial charge in [-0.25, -0.2) is 4.79 Å². The molecule has 5 nitrogen and oxygen atoms in total. The van der Waals surface area contributed by atoms with Crippen LogP contribution in [-0.2, 0) is 4.79 Å². The highest BCUT2D eigenvalue weighted by Gasteiger charge is 2.28. The molecule has 2 rings (SSSR count). The van der Waals surface area contributed by atoms with Gasteiger partial charge in [-0.2, -0.15) is 0 Å². The van der Waals surface area contributed by atoms with Crippen LogP contribution in [0.5, 0.6) is 0 Å². The molecule has 0 saturated carbocycles. The molecule has 0 aromatic heterocycles. The van der Waals surface area contributed by atoms with E-state index in [1.165, 1.54) is 0 Å². The Labute approximate surface area is 132 Å². The normalized spacial score (nSPS) is 17.0. The topological polar surface area (TPSA) is 52.7 Å². The Kier molecular flexibility index (Phi) is 5.41. The third kappa shape index (κ3) is 4.00. The van der Waals surface area contributed by atoms with Gasteiger partial charge >= 0.3 is 6.03 Å². The first-order valence-corrected chi connectivity index (χ1v) is 7.80. The molecule has 1 N–H and O–H groups in total. The van der Waals surface area contributed by atoms with Crippen LogP contribution in [0.15, 0.2) is 30.3 Å². The van der Waals surface area contributed by atoms with Gasteiger partial charge in [-0.1, -0.05) is 30.3 Å². The number of hydrogen-bond acceptors (Lipinski definition) is 2. The number of benzene rings is 1. The fourth-order valence-corrected chi connectivity index (χ4v) is 2.80. The number of likely N-dealkylation sites (tertiary alicyclic amines) is 1. The largest absolute Gasteiger partial charge is 0.349 e. The maximum atomic E-state index is 12.3. The van der Waals surface area contributed by atoms with E-state index in [9.17, 15) is 9.59 Å². The first kappa shape index (κ1) is 16.3. The van der Waals surface area contributed by atoms with Gasteiger partial charge in [0.05, 0.1) is 6.04 Å². The van der Waals surface area contributed by atoms with E-state index < -0.39 is 0 Å². The molecule has 0 bridgehead atoms. The van der Waals surface area contributed by atoms with Gasteiger partial charge < -0.3 is 15.1 Å². The van der Waals surface area contributed by atoms with Crippen LogP contribution in [0.2, 0.25) is 0 Å². The smallest absolute Gasteiger partial charge is 0.317 e. The van der Waals surface area contributed by atoms with E-state index in [0.717, 1.165) is 18.4 Å². The second-order valence-corrected chi connectivity index (χ2v) is 6.08. The van der Waals surface area contributed by atoms with Gasteiger partial charge in [0.2, 0.25) is 5.91 Å². The highest BCUT2D eigenvalue weighted by molar-refractivity contribution is 5.79. The van der Waals surface area contributed by atoms with Crippen LogP contribution in [0.1, 0.15) is 31.4 Å². The molecule has 0 spiro atoms. The Morgan fingerprint density at radius 3 is 2.32 bits per heavy atom. The van der Waals surface area contributed by atoms with E-state index in [0.29, 0.717) is 13.1 Å².